The molecule has 1 aromatic heterocycles. The van der Waals surface area contributed by atoms with E-state index in [0.29, 0.717) is 24.0 Å². The molecule has 35 heavy (non-hydrogen) atoms. The number of alkyl halides is 3. The second kappa shape index (κ2) is 11.4. The van der Waals surface area contributed by atoms with Crippen LogP contribution in [-0.4, -0.2) is 17.9 Å². The fourth-order valence-corrected chi connectivity index (χ4v) is 3.90. The van der Waals surface area contributed by atoms with Gasteiger partial charge in [0, 0.05) is 19.3 Å². The number of nitrogens with zero attached hydrogens (tertiary/aromatic N) is 1. The molecule has 3 rings (SSSR count). The quantitative estimate of drug-likeness (QED) is 0.372. The summed E-state index contributed by atoms with van der Waals surface area (Å²) in [7, 11) is 1.56. The Hall–Kier alpha value is -3.26. The molecule has 0 aliphatic heterocycles. The van der Waals surface area contributed by atoms with Gasteiger partial charge in [-0.2, -0.15) is 13.2 Å². The Morgan fingerprint density at radius 1 is 1.00 bits per heavy atom. The normalized spacial score (nSPS) is 13.3. The third-order valence-corrected chi connectivity index (χ3v) is 6.02. The fourth-order valence-electron chi connectivity index (χ4n) is 3.90. The zero-order valence-electron chi connectivity index (χ0n) is 19.9. The van der Waals surface area contributed by atoms with Gasteiger partial charge in [-0.15, -0.1) is 0 Å². The van der Waals surface area contributed by atoms with Gasteiger partial charge < -0.3 is 5.32 Å². The summed E-state index contributed by atoms with van der Waals surface area (Å²) >= 11 is 0. The number of aromatic nitrogens is 1. The number of carbonyl (C=O) groups is 1. The summed E-state index contributed by atoms with van der Waals surface area (Å²) in [5.74, 6) is -0.563. The topological polar surface area (TPSA) is 54.0 Å². The van der Waals surface area contributed by atoms with Crippen LogP contribution in [0.15, 0.2) is 60.8 Å². The first kappa shape index (κ1) is 26.3. The minimum Gasteiger partial charge on any atom is -0.358 e. The van der Waals surface area contributed by atoms with Crippen LogP contribution in [0.1, 0.15) is 58.9 Å². The SMILES string of the molecule is CCc1ccc([C@@H](N[C@@H](CCc2ccc(C(F)(F)F)nc2)c2ccc(F)c(C)c2)C(=O)NC)cc1. The van der Waals surface area contributed by atoms with Gasteiger partial charge in [-0.25, -0.2) is 4.39 Å². The first-order chi connectivity index (χ1) is 16.6. The van der Waals surface area contributed by atoms with Crippen LogP contribution in [0.4, 0.5) is 17.6 Å². The summed E-state index contributed by atoms with van der Waals surface area (Å²) in [6.45, 7) is 3.71. The first-order valence-corrected chi connectivity index (χ1v) is 11.5. The molecule has 0 spiro atoms. The van der Waals surface area contributed by atoms with E-state index in [0.717, 1.165) is 29.2 Å². The maximum absolute atomic E-state index is 13.9. The number of likely N-dealkylation sites (N-methyl/N-ethyl adjacent to an activating group) is 1. The number of rotatable bonds is 9. The van der Waals surface area contributed by atoms with E-state index in [2.05, 4.69) is 15.6 Å². The molecule has 0 bridgehead atoms. The second-order valence-electron chi connectivity index (χ2n) is 8.46. The zero-order valence-corrected chi connectivity index (χ0v) is 19.9. The van der Waals surface area contributed by atoms with Crippen LogP contribution in [0.25, 0.3) is 0 Å². The molecule has 1 heterocycles. The highest BCUT2D eigenvalue weighted by Crippen LogP contribution is 2.29. The Labute approximate surface area is 202 Å². The molecule has 2 atom stereocenters. The number of benzene rings is 2. The monoisotopic (exact) mass is 487 g/mol. The second-order valence-corrected chi connectivity index (χ2v) is 8.46. The summed E-state index contributed by atoms with van der Waals surface area (Å²) in [6.07, 6.45) is -1.54. The summed E-state index contributed by atoms with van der Waals surface area (Å²) in [5.41, 5.74) is 2.86. The summed E-state index contributed by atoms with van der Waals surface area (Å²) in [4.78, 5) is 16.3. The van der Waals surface area contributed by atoms with Crippen LogP contribution in [-0.2, 0) is 23.8 Å². The molecular formula is C27H29F4N3O. The average molecular weight is 488 g/mol. The van der Waals surface area contributed by atoms with Crippen LogP contribution < -0.4 is 10.6 Å². The van der Waals surface area contributed by atoms with E-state index in [9.17, 15) is 22.4 Å². The van der Waals surface area contributed by atoms with Crippen molar-refractivity contribution in [2.45, 2.75) is 51.4 Å². The van der Waals surface area contributed by atoms with E-state index >= 15 is 0 Å². The van der Waals surface area contributed by atoms with E-state index < -0.39 is 17.9 Å². The van der Waals surface area contributed by atoms with E-state index in [-0.39, 0.29) is 17.8 Å². The molecule has 0 saturated carbocycles. The molecule has 1 amide bonds. The van der Waals surface area contributed by atoms with Crippen LogP contribution in [0.3, 0.4) is 0 Å². The van der Waals surface area contributed by atoms with E-state index in [1.165, 1.54) is 18.3 Å². The Balaban J connectivity index is 1.89. The fraction of sp³-hybridized carbons (Fsp3) is 0.333. The van der Waals surface area contributed by atoms with Gasteiger partial charge in [0.2, 0.25) is 5.91 Å². The first-order valence-electron chi connectivity index (χ1n) is 11.5. The molecule has 2 N–H and O–H groups in total. The van der Waals surface area contributed by atoms with Gasteiger partial charge in [-0.3, -0.25) is 15.1 Å². The molecule has 186 valence electrons. The number of halogens is 4. The van der Waals surface area contributed by atoms with Crippen molar-refractivity contribution in [3.8, 4) is 0 Å². The van der Waals surface area contributed by atoms with Gasteiger partial charge in [0.05, 0.1) is 0 Å². The van der Waals surface area contributed by atoms with Crippen molar-refractivity contribution in [3.05, 3.63) is 100 Å². The number of aryl methyl sites for hydroxylation is 3. The van der Waals surface area contributed by atoms with Gasteiger partial charge in [0.1, 0.15) is 17.6 Å². The van der Waals surface area contributed by atoms with E-state index in [4.69, 9.17) is 0 Å². The van der Waals surface area contributed by atoms with Crippen molar-refractivity contribution in [2.24, 2.45) is 0 Å². The lowest BCUT2D eigenvalue weighted by molar-refractivity contribution is -0.141. The largest absolute Gasteiger partial charge is 0.433 e. The van der Waals surface area contributed by atoms with Crippen molar-refractivity contribution in [3.63, 3.8) is 0 Å². The third-order valence-electron chi connectivity index (χ3n) is 6.02. The number of hydrogen-bond acceptors (Lipinski definition) is 3. The molecular weight excluding hydrogens is 458 g/mol. The van der Waals surface area contributed by atoms with Crippen molar-refractivity contribution >= 4 is 5.91 Å². The van der Waals surface area contributed by atoms with Crippen LogP contribution in [0.2, 0.25) is 0 Å². The van der Waals surface area contributed by atoms with Gasteiger partial charge in [-0.05, 0) is 66.1 Å². The summed E-state index contributed by atoms with van der Waals surface area (Å²) in [5, 5.41) is 6.08. The highest BCUT2D eigenvalue weighted by molar-refractivity contribution is 5.83. The lowest BCUT2D eigenvalue weighted by atomic mass is 9.95. The van der Waals surface area contributed by atoms with Crippen molar-refractivity contribution in [2.75, 3.05) is 7.05 Å². The lowest BCUT2D eigenvalue weighted by Crippen LogP contribution is -2.38. The van der Waals surface area contributed by atoms with Gasteiger partial charge in [-0.1, -0.05) is 49.4 Å². The lowest BCUT2D eigenvalue weighted by Gasteiger charge is -2.26. The van der Waals surface area contributed by atoms with Crippen molar-refractivity contribution < 1.29 is 22.4 Å². The highest BCUT2D eigenvalue weighted by atomic mass is 19.4. The zero-order chi connectivity index (χ0) is 25.6. The number of nitrogens with one attached hydrogen (secondary N) is 2. The van der Waals surface area contributed by atoms with Crippen LogP contribution in [0, 0.1) is 12.7 Å². The van der Waals surface area contributed by atoms with E-state index in [1.54, 1.807) is 26.1 Å². The highest BCUT2D eigenvalue weighted by Gasteiger charge is 2.32. The molecule has 0 radical (unpaired) electrons. The number of carbonyl (C=O) groups excluding carboxylic acids is 1. The summed E-state index contributed by atoms with van der Waals surface area (Å²) < 4.78 is 52.5. The van der Waals surface area contributed by atoms with Crippen LogP contribution in [0.5, 0.6) is 0 Å². The average Bonchev–Trinajstić information content (AvgIpc) is 2.85. The Bertz CT molecular complexity index is 1130. The maximum Gasteiger partial charge on any atom is 0.433 e. The Morgan fingerprint density at radius 3 is 2.20 bits per heavy atom. The molecule has 8 heteroatoms. The van der Waals surface area contributed by atoms with Crippen molar-refractivity contribution in [1.29, 1.82) is 0 Å². The number of hydrogen-bond donors (Lipinski definition) is 2. The van der Waals surface area contributed by atoms with Crippen molar-refractivity contribution in [1.82, 2.24) is 15.6 Å². The summed E-state index contributed by atoms with van der Waals surface area (Å²) in [6, 6.07) is 13.8. The molecule has 4 nitrogen and oxygen atoms in total. The molecule has 0 saturated heterocycles. The molecule has 3 aromatic rings. The maximum atomic E-state index is 13.9. The van der Waals surface area contributed by atoms with Gasteiger partial charge in [0.25, 0.3) is 0 Å². The standard InChI is InChI=1S/C27H29F4N3O/c1-4-18-5-9-20(10-6-18)25(26(35)32-3)34-23(21-11-12-22(28)17(2)15-21)13-7-19-8-14-24(33-16-19)27(29,30)31/h5-6,8-12,14-16,23,25,34H,4,7,13H2,1-3H3,(H,32,35)/t23-,25+/m0/s1. The van der Waals surface area contributed by atoms with E-state index in [1.807, 2.05) is 31.2 Å². The smallest absolute Gasteiger partial charge is 0.358 e. The Morgan fingerprint density at radius 2 is 1.66 bits per heavy atom. The molecule has 0 fully saturated rings. The molecule has 2 aromatic carbocycles. The third kappa shape index (κ3) is 6.88. The minimum absolute atomic E-state index is 0.228. The predicted octanol–water partition coefficient (Wildman–Crippen LogP) is 5.86. The van der Waals surface area contributed by atoms with Crippen LogP contribution >= 0.6 is 0 Å². The number of amides is 1. The molecule has 0 aliphatic carbocycles. The van der Waals surface area contributed by atoms with Gasteiger partial charge in [0.15, 0.2) is 0 Å². The molecule has 0 aliphatic rings. The number of pyridine rings is 1. The Kier molecular flexibility index (Phi) is 8.62. The van der Waals surface area contributed by atoms with Gasteiger partial charge >= 0.3 is 6.18 Å². The molecule has 0 unspecified atom stereocenters. The minimum atomic E-state index is -4.50. The predicted molar refractivity (Wildman–Crippen MR) is 127 cm³/mol.